The topological polar surface area (TPSA) is 41.5 Å². The minimum absolute atomic E-state index is 0.106. The SMILES string of the molecule is COC(C)CNCc1ccc(CO)cc1. The normalized spacial score (nSPS) is 12.7. The van der Waals surface area contributed by atoms with Crippen LogP contribution in [0.2, 0.25) is 0 Å². The van der Waals surface area contributed by atoms with Crippen LogP contribution in [0.1, 0.15) is 18.1 Å². The van der Waals surface area contributed by atoms with Gasteiger partial charge in [-0.25, -0.2) is 0 Å². The van der Waals surface area contributed by atoms with Crippen molar-refractivity contribution in [3.05, 3.63) is 35.4 Å². The minimum atomic E-state index is 0.106. The number of methoxy groups -OCH3 is 1. The van der Waals surface area contributed by atoms with E-state index in [0.717, 1.165) is 18.7 Å². The first kappa shape index (κ1) is 12.2. The quantitative estimate of drug-likeness (QED) is 0.742. The molecule has 0 aliphatic carbocycles. The Kier molecular flexibility index (Phi) is 5.32. The van der Waals surface area contributed by atoms with E-state index in [9.17, 15) is 0 Å². The maximum absolute atomic E-state index is 8.88. The number of hydrogen-bond donors (Lipinski definition) is 2. The van der Waals surface area contributed by atoms with E-state index in [-0.39, 0.29) is 12.7 Å². The van der Waals surface area contributed by atoms with Crippen LogP contribution in [-0.2, 0) is 17.9 Å². The predicted octanol–water partition coefficient (Wildman–Crippen LogP) is 1.30. The predicted molar refractivity (Wildman–Crippen MR) is 60.5 cm³/mol. The molecule has 3 nitrogen and oxygen atoms in total. The fraction of sp³-hybridized carbons (Fsp3) is 0.500. The summed E-state index contributed by atoms with van der Waals surface area (Å²) in [4.78, 5) is 0. The average Bonchev–Trinajstić information content (AvgIpc) is 2.29. The zero-order chi connectivity index (χ0) is 11.1. The maximum atomic E-state index is 8.88. The minimum Gasteiger partial charge on any atom is -0.392 e. The van der Waals surface area contributed by atoms with E-state index in [1.165, 1.54) is 5.56 Å². The molecule has 0 aromatic heterocycles. The molecular formula is C12H19NO2. The molecule has 1 aromatic rings. The van der Waals surface area contributed by atoms with Crippen molar-refractivity contribution >= 4 is 0 Å². The van der Waals surface area contributed by atoms with Crippen LogP contribution in [0.3, 0.4) is 0 Å². The van der Waals surface area contributed by atoms with Crippen LogP contribution in [0.5, 0.6) is 0 Å². The second kappa shape index (κ2) is 6.56. The molecule has 0 fully saturated rings. The van der Waals surface area contributed by atoms with Crippen molar-refractivity contribution in [1.82, 2.24) is 5.32 Å². The molecule has 0 bridgehead atoms. The highest BCUT2D eigenvalue weighted by atomic mass is 16.5. The van der Waals surface area contributed by atoms with Gasteiger partial charge >= 0.3 is 0 Å². The van der Waals surface area contributed by atoms with Gasteiger partial charge in [0, 0.05) is 20.2 Å². The largest absolute Gasteiger partial charge is 0.392 e. The van der Waals surface area contributed by atoms with E-state index >= 15 is 0 Å². The Morgan fingerprint density at radius 2 is 1.87 bits per heavy atom. The van der Waals surface area contributed by atoms with Crippen LogP contribution in [0.4, 0.5) is 0 Å². The highest BCUT2D eigenvalue weighted by molar-refractivity contribution is 5.21. The highest BCUT2D eigenvalue weighted by Crippen LogP contribution is 2.03. The molecule has 0 saturated carbocycles. The number of rotatable bonds is 6. The van der Waals surface area contributed by atoms with Gasteiger partial charge in [0.2, 0.25) is 0 Å². The lowest BCUT2D eigenvalue weighted by Gasteiger charge is -2.10. The Morgan fingerprint density at radius 3 is 2.40 bits per heavy atom. The first-order chi connectivity index (χ1) is 7.26. The van der Waals surface area contributed by atoms with E-state index < -0.39 is 0 Å². The zero-order valence-corrected chi connectivity index (χ0v) is 9.36. The Morgan fingerprint density at radius 1 is 1.27 bits per heavy atom. The molecule has 0 radical (unpaired) electrons. The summed E-state index contributed by atoms with van der Waals surface area (Å²) in [7, 11) is 1.71. The van der Waals surface area contributed by atoms with Gasteiger partial charge in [-0.05, 0) is 18.1 Å². The van der Waals surface area contributed by atoms with Crippen molar-refractivity contribution in [2.24, 2.45) is 0 Å². The summed E-state index contributed by atoms with van der Waals surface area (Å²) < 4.78 is 5.13. The molecule has 1 aromatic carbocycles. The van der Waals surface area contributed by atoms with E-state index in [2.05, 4.69) is 5.32 Å². The molecule has 15 heavy (non-hydrogen) atoms. The molecule has 0 spiro atoms. The third kappa shape index (κ3) is 4.42. The molecule has 0 saturated heterocycles. The summed E-state index contributed by atoms with van der Waals surface area (Å²) >= 11 is 0. The molecule has 84 valence electrons. The van der Waals surface area contributed by atoms with Gasteiger partial charge in [0.1, 0.15) is 0 Å². The van der Waals surface area contributed by atoms with Gasteiger partial charge in [-0.15, -0.1) is 0 Å². The third-order valence-corrected chi connectivity index (χ3v) is 2.37. The van der Waals surface area contributed by atoms with Gasteiger partial charge in [-0.2, -0.15) is 0 Å². The first-order valence-electron chi connectivity index (χ1n) is 5.18. The summed E-state index contributed by atoms with van der Waals surface area (Å²) in [6, 6.07) is 7.93. The smallest absolute Gasteiger partial charge is 0.0681 e. The molecule has 1 atom stereocenters. The monoisotopic (exact) mass is 209 g/mol. The van der Waals surface area contributed by atoms with Crippen molar-refractivity contribution in [2.45, 2.75) is 26.2 Å². The van der Waals surface area contributed by atoms with Crippen LogP contribution in [0, 0.1) is 0 Å². The molecule has 1 rings (SSSR count). The molecular weight excluding hydrogens is 190 g/mol. The van der Waals surface area contributed by atoms with Crippen molar-refractivity contribution in [3.63, 3.8) is 0 Å². The van der Waals surface area contributed by atoms with Gasteiger partial charge in [-0.3, -0.25) is 0 Å². The van der Waals surface area contributed by atoms with Crippen LogP contribution in [-0.4, -0.2) is 24.9 Å². The molecule has 1 unspecified atom stereocenters. The summed E-state index contributed by atoms with van der Waals surface area (Å²) in [5.74, 6) is 0. The van der Waals surface area contributed by atoms with Crippen molar-refractivity contribution in [2.75, 3.05) is 13.7 Å². The summed E-state index contributed by atoms with van der Waals surface area (Å²) in [5.41, 5.74) is 2.17. The second-order valence-corrected chi connectivity index (χ2v) is 3.65. The lowest BCUT2D eigenvalue weighted by atomic mass is 10.1. The first-order valence-corrected chi connectivity index (χ1v) is 5.18. The van der Waals surface area contributed by atoms with E-state index in [1.54, 1.807) is 7.11 Å². The van der Waals surface area contributed by atoms with Crippen LogP contribution >= 0.6 is 0 Å². The fourth-order valence-electron chi connectivity index (χ4n) is 1.27. The van der Waals surface area contributed by atoms with E-state index in [4.69, 9.17) is 9.84 Å². The van der Waals surface area contributed by atoms with Gasteiger partial charge in [-0.1, -0.05) is 24.3 Å². The zero-order valence-electron chi connectivity index (χ0n) is 9.36. The molecule has 2 N–H and O–H groups in total. The van der Waals surface area contributed by atoms with Crippen LogP contribution in [0.15, 0.2) is 24.3 Å². The van der Waals surface area contributed by atoms with Crippen molar-refractivity contribution in [3.8, 4) is 0 Å². The number of aliphatic hydroxyl groups is 1. The number of ether oxygens (including phenoxy) is 1. The van der Waals surface area contributed by atoms with Gasteiger partial charge in [0.25, 0.3) is 0 Å². The summed E-state index contributed by atoms with van der Waals surface area (Å²) in [5, 5.41) is 12.2. The Bertz CT molecular complexity index is 271. The lowest BCUT2D eigenvalue weighted by Crippen LogP contribution is -2.25. The van der Waals surface area contributed by atoms with Crippen molar-refractivity contribution in [1.29, 1.82) is 0 Å². The fourth-order valence-corrected chi connectivity index (χ4v) is 1.27. The van der Waals surface area contributed by atoms with Crippen LogP contribution < -0.4 is 5.32 Å². The summed E-state index contributed by atoms with van der Waals surface area (Å²) in [6.45, 7) is 3.81. The number of aliphatic hydroxyl groups excluding tert-OH is 1. The van der Waals surface area contributed by atoms with Gasteiger partial charge in [0.15, 0.2) is 0 Å². The number of benzene rings is 1. The van der Waals surface area contributed by atoms with Gasteiger partial charge in [0.05, 0.1) is 12.7 Å². The molecule has 0 amide bonds. The molecule has 3 heteroatoms. The lowest BCUT2D eigenvalue weighted by molar-refractivity contribution is 0.117. The molecule has 0 aliphatic rings. The van der Waals surface area contributed by atoms with Gasteiger partial charge < -0.3 is 15.2 Å². The number of nitrogens with one attached hydrogen (secondary N) is 1. The second-order valence-electron chi connectivity index (χ2n) is 3.65. The maximum Gasteiger partial charge on any atom is 0.0681 e. The van der Waals surface area contributed by atoms with E-state index in [0.29, 0.717) is 0 Å². The number of hydrogen-bond acceptors (Lipinski definition) is 3. The standard InChI is InChI=1S/C12H19NO2/c1-10(15-2)7-13-8-11-3-5-12(9-14)6-4-11/h3-6,10,13-14H,7-9H2,1-2H3. The molecule has 0 aliphatic heterocycles. The average molecular weight is 209 g/mol. The highest BCUT2D eigenvalue weighted by Gasteiger charge is 1.98. The Hall–Kier alpha value is -0.900. The summed E-state index contributed by atoms with van der Waals surface area (Å²) in [6.07, 6.45) is 0.238. The third-order valence-electron chi connectivity index (χ3n) is 2.37. The van der Waals surface area contributed by atoms with Crippen LogP contribution in [0.25, 0.3) is 0 Å². The molecule has 0 heterocycles. The Balaban J connectivity index is 2.31. The van der Waals surface area contributed by atoms with Crippen molar-refractivity contribution < 1.29 is 9.84 Å². The Labute approximate surface area is 91.1 Å². The van der Waals surface area contributed by atoms with E-state index in [1.807, 2.05) is 31.2 Å².